The van der Waals surface area contributed by atoms with Crippen LogP contribution in [0.15, 0.2) is 36.7 Å². The van der Waals surface area contributed by atoms with E-state index in [2.05, 4.69) is 20.0 Å². The molecule has 1 aliphatic heterocycles. The number of rotatable bonds is 10. The van der Waals surface area contributed by atoms with Crippen LogP contribution in [0, 0.1) is 5.41 Å². The number of aliphatic hydroxyl groups excluding tert-OH is 2. The number of nitrogens with one attached hydrogen (secondary N) is 1. The third-order valence-electron chi connectivity index (χ3n) is 5.99. The van der Waals surface area contributed by atoms with Crippen LogP contribution in [-0.4, -0.2) is 72.8 Å². The Labute approximate surface area is 241 Å². The molecule has 3 aromatic rings. The predicted octanol–water partition coefficient (Wildman–Crippen LogP) is 2.84. The van der Waals surface area contributed by atoms with Crippen molar-refractivity contribution in [1.29, 1.82) is 0 Å². The summed E-state index contributed by atoms with van der Waals surface area (Å²) in [4.78, 5) is 25.0. The first-order valence-corrected chi connectivity index (χ1v) is 14.6. The van der Waals surface area contributed by atoms with Crippen LogP contribution in [0.5, 0.6) is 5.75 Å². The topological polar surface area (TPSA) is 193 Å². The average molecular weight is 613 g/mol. The van der Waals surface area contributed by atoms with Gasteiger partial charge in [0.15, 0.2) is 23.2 Å². The van der Waals surface area contributed by atoms with Gasteiger partial charge in [0.1, 0.15) is 35.9 Å². The van der Waals surface area contributed by atoms with E-state index in [1.807, 2.05) is 20.8 Å². The molecule has 16 heteroatoms. The maximum absolute atomic E-state index is 14.0. The van der Waals surface area contributed by atoms with E-state index in [4.69, 9.17) is 35.9 Å². The third kappa shape index (κ3) is 7.15. The summed E-state index contributed by atoms with van der Waals surface area (Å²) in [5.74, 6) is -0.414. The second-order valence-electron chi connectivity index (χ2n) is 11.3. The minimum Gasteiger partial charge on any atom is -0.464 e. The monoisotopic (exact) mass is 612 g/mol. The van der Waals surface area contributed by atoms with Gasteiger partial charge in [-0.25, -0.2) is 19.5 Å². The summed E-state index contributed by atoms with van der Waals surface area (Å²) in [5, 5.41) is 24.1. The Morgan fingerprint density at radius 1 is 1.17 bits per heavy atom. The minimum absolute atomic E-state index is 0.0669. The van der Waals surface area contributed by atoms with Gasteiger partial charge in [-0.05, 0) is 43.0 Å². The molecule has 5 N–H and O–H groups in total. The van der Waals surface area contributed by atoms with Crippen molar-refractivity contribution in [2.75, 3.05) is 18.9 Å². The zero-order chi connectivity index (χ0) is 30.2. The summed E-state index contributed by atoms with van der Waals surface area (Å²) in [6.45, 7) is 8.29. The van der Waals surface area contributed by atoms with Crippen LogP contribution in [0.25, 0.3) is 11.2 Å². The fourth-order valence-electron chi connectivity index (χ4n) is 3.93. The molecule has 2 unspecified atom stereocenters. The fraction of sp³-hybridized carbons (Fsp3) is 0.520. The number of nitrogens with zero attached hydrogens (tertiary/aromatic N) is 4. The lowest BCUT2D eigenvalue weighted by Gasteiger charge is -2.30. The van der Waals surface area contributed by atoms with Crippen molar-refractivity contribution < 1.29 is 38.1 Å². The number of hydrogen-bond acceptors (Lipinski definition) is 12. The first kappa shape index (κ1) is 31.1. The molecule has 0 radical (unpaired) electrons. The van der Waals surface area contributed by atoms with Gasteiger partial charge in [0.25, 0.3) is 0 Å². The van der Waals surface area contributed by atoms with Crippen molar-refractivity contribution in [3.8, 4) is 5.75 Å². The smallest absolute Gasteiger partial charge is 0.459 e. The van der Waals surface area contributed by atoms with Crippen LogP contribution in [0.2, 0.25) is 5.28 Å². The molecular weight excluding hydrogens is 579 g/mol. The Kier molecular flexibility index (Phi) is 8.95. The second-order valence-corrected chi connectivity index (χ2v) is 13.3. The molecule has 0 saturated carbocycles. The number of esters is 1. The molecule has 2 aromatic heterocycles. The molecule has 5 atom stereocenters. The number of aliphatic hydroxyl groups is 2. The van der Waals surface area contributed by atoms with Crippen LogP contribution in [0.4, 0.5) is 5.82 Å². The van der Waals surface area contributed by atoms with Crippen molar-refractivity contribution in [3.63, 3.8) is 0 Å². The Hall–Kier alpha value is -2.84. The number of para-hydroxylation sites is 1. The van der Waals surface area contributed by atoms with Crippen LogP contribution in [0.1, 0.15) is 40.8 Å². The quantitative estimate of drug-likeness (QED) is 0.148. The zero-order valence-corrected chi connectivity index (χ0v) is 24.9. The van der Waals surface area contributed by atoms with Gasteiger partial charge < -0.3 is 29.9 Å². The molecule has 4 rings (SSSR count). The van der Waals surface area contributed by atoms with Crippen molar-refractivity contribution >= 4 is 42.3 Å². The van der Waals surface area contributed by atoms with Gasteiger partial charge in [0.2, 0.25) is 5.28 Å². The van der Waals surface area contributed by atoms with E-state index in [1.54, 1.807) is 30.3 Å². The van der Waals surface area contributed by atoms with E-state index in [0.29, 0.717) is 0 Å². The summed E-state index contributed by atoms with van der Waals surface area (Å²) < 4.78 is 37.9. The Bertz CT molecular complexity index is 1430. The van der Waals surface area contributed by atoms with Crippen LogP contribution in [0.3, 0.4) is 0 Å². The number of benzene rings is 1. The third-order valence-corrected chi connectivity index (χ3v) is 8.03. The lowest BCUT2D eigenvalue weighted by atomic mass is 9.98. The van der Waals surface area contributed by atoms with Gasteiger partial charge in [-0.1, -0.05) is 39.0 Å². The molecule has 1 aromatic carbocycles. The highest BCUT2D eigenvalue weighted by atomic mass is 35.5. The van der Waals surface area contributed by atoms with Gasteiger partial charge in [-0.2, -0.15) is 5.09 Å². The molecule has 1 saturated heterocycles. The number of carbonyl (C=O) groups is 1. The van der Waals surface area contributed by atoms with E-state index in [1.165, 1.54) is 24.7 Å². The molecule has 0 spiro atoms. The predicted molar refractivity (Wildman–Crippen MR) is 149 cm³/mol. The van der Waals surface area contributed by atoms with Crippen molar-refractivity contribution in [3.05, 3.63) is 41.9 Å². The van der Waals surface area contributed by atoms with Crippen LogP contribution < -0.4 is 15.3 Å². The number of halogens is 1. The highest BCUT2D eigenvalue weighted by molar-refractivity contribution is 7.52. The maximum Gasteiger partial charge on any atom is 0.459 e. The number of anilines is 1. The first-order valence-electron chi connectivity index (χ1n) is 12.7. The van der Waals surface area contributed by atoms with Crippen molar-refractivity contribution in [2.45, 2.75) is 64.7 Å². The zero-order valence-electron chi connectivity index (χ0n) is 23.2. The molecule has 41 heavy (non-hydrogen) atoms. The van der Waals surface area contributed by atoms with Crippen molar-refractivity contribution in [2.24, 2.45) is 5.41 Å². The normalized spacial score (nSPS) is 22.9. The largest absolute Gasteiger partial charge is 0.464 e. The maximum atomic E-state index is 14.0. The molecule has 14 nitrogen and oxygen atoms in total. The average Bonchev–Trinajstić information content (AvgIpc) is 3.37. The molecule has 0 bridgehead atoms. The molecule has 0 aliphatic carbocycles. The van der Waals surface area contributed by atoms with Gasteiger partial charge in [-0.3, -0.25) is 13.9 Å². The van der Waals surface area contributed by atoms with E-state index < -0.39 is 50.4 Å². The molecule has 1 fully saturated rings. The fourth-order valence-corrected chi connectivity index (χ4v) is 5.87. The minimum atomic E-state index is -4.32. The lowest BCUT2D eigenvalue weighted by molar-refractivity contribution is -0.152. The molecule has 0 amide bonds. The summed E-state index contributed by atoms with van der Waals surface area (Å²) in [5.41, 5.74) is 4.42. The van der Waals surface area contributed by atoms with Gasteiger partial charge in [-0.15, -0.1) is 0 Å². The number of hydrogen-bond donors (Lipinski definition) is 4. The van der Waals surface area contributed by atoms with Crippen LogP contribution >= 0.6 is 19.3 Å². The molecule has 3 heterocycles. The summed E-state index contributed by atoms with van der Waals surface area (Å²) in [6.07, 6.45) is -4.24. The van der Waals surface area contributed by atoms with E-state index in [0.717, 1.165) is 0 Å². The molecular formula is C25H34ClN6O8P. The highest BCUT2D eigenvalue weighted by Crippen LogP contribution is 2.47. The first-order chi connectivity index (χ1) is 19.1. The number of carbonyl (C=O) groups excluding carboxylic acids is 1. The number of fused-ring (bicyclic) bond motifs is 1. The van der Waals surface area contributed by atoms with Gasteiger partial charge in [0, 0.05) is 0 Å². The van der Waals surface area contributed by atoms with E-state index >= 15 is 0 Å². The number of aromatic nitrogens is 4. The summed E-state index contributed by atoms with van der Waals surface area (Å²) >= 11 is 6.28. The summed E-state index contributed by atoms with van der Waals surface area (Å²) in [7, 11) is -4.32. The van der Waals surface area contributed by atoms with Gasteiger partial charge in [0.05, 0.1) is 13.2 Å². The summed E-state index contributed by atoms with van der Waals surface area (Å²) in [6, 6.07) is 8.20. The van der Waals surface area contributed by atoms with Crippen molar-refractivity contribution in [1.82, 2.24) is 24.6 Å². The van der Waals surface area contributed by atoms with E-state index in [9.17, 15) is 19.6 Å². The number of imidazole rings is 1. The van der Waals surface area contributed by atoms with E-state index in [-0.39, 0.29) is 40.0 Å². The molecule has 1 aliphatic rings. The molecule has 224 valence electrons. The standard InChI is InChI=1S/C25H34ClN6O8P/c1-24(2,3)12-37-22(35)25(4,5)31-41(36,40-14-9-7-6-8-10-14)38-11-15-17(33)18(34)21(39-15)32-20-16(30-23(32)26)19(27)28-13-29-20/h6-10,13,15,17-18,21,33-34H,11-12H2,1-5H3,(H,31,36)(H2,27,28,29)/t15-,17?,18+,21-,41?/m1/s1. The Balaban J connectivity index is 1.54. The number of nitrogens with two attached hydrogens (primary N) is 1. The SMILES string of the molecule is CC(C)(C)COC(=O)C(C)(C)NP(=O)(OC[C@H]1O[C@@H](n2c(Cl)nc3c(N)ncnc32)[C@@H](O)C1O)Oc1ccccc1. The second kappa shape index (κ2) is 11.8. The van der Waals surface area contributed by atoms with Crippen LogP contribution in [-0.2, 0) is 23.4 Å². The Morgan fingerprint density at radius 3 is 2.51 bits per heavy atom. The lowest BCUT2D eigenvalue weighted by Crippen LogP contribution is -2.48. The number of nitrogen functional groups attached to an aromatic ring is 1. The Morgan fingerprint density at radius 2 is 1.85 bits per heavy atom. The van der Waals surface area contributed by atoms with Gasteiger partial charge >= 0.3 is 13.7 Å². The number of ether oxygens (including phenoxy) is 2. The highest BCUT2D eigenvalue weighted by Gasteiger charge is 2.47.